The lowest BCUT2D eigenvalue weighted by molar-refractivity contribution is -0.137. The monoisotopic (exact) mass is 413 g/mol. The van der Waals surface area contributed by atoms with Gasteiger partial charge in [-0.3, -0.25) is 4.90 Å². The lowest BCUT2D eigenvalue weighted by Gasteiger charge is -2.35. The second kappa shape index (κ2) is 9.40. The first kappa shape index (κ1) is 22.5. The number of nitrogens with zero attached hydrogens (tertiary/aromatic N) is 4. The van der Waals surface area contributed by atoms with Crippen molar-refractivity contribution in [2.24, 2.45) is 5.73 Å². The molecule has 6 nitrogen and oxygen atoms in total. The summed E-state index contributed by atoms with van der Waals surface area (Å²) in [6, 6.07) is 5.43. The van der Waals surface area contributed by atoms with Crippen LogP contribution in [0.25, 0.3) is 0 Å². The minimum Gasteiger partial charge on any atom is -0.369 e. The van der Waals surface area contributed by atoms with Crippen molar-refractivity contribution in [3.63, 3.8) is 0 Å². The fraction of sp³-hybridized carbons (Fsp3) is 0.467. The van der Waals surface area contributed by atoms with Crippen molar-refractivity contribution < 1.29 is 17.7 Å². The molecule has 0 aliphatic carbocycles. The molecule has 2 heterocycles. The molecule has 1 saturated heterocycles. The molecule has 0 unspecified atom stereocenters. The molecule has 146 valence electrons. The Morgan fingerprint density at radius 2 is 1.81 bits per heavy atom. The first-order chi connectivity index (χ1) is 11.5. The Morgan fingerprint density at radius 1 is 1.12 bits per heavy atom. The summed E-state index contributed by atoms with van der Waals surface area (Å²) in [5.74, 6) is 0.968. The third-order valence-corrected chi connectivity index (χ3v) is 3.96. The number of hydrogen-bond donors (Lipinski definition) is 1. The number of hydrogen-bond acceptors (Lipinski definition) is 6. The molecule has 11 heteroatoms. The lowest BCUT2D eigenvalue weighted by atomic mass is 10.1. The van der Waals surface area contributed by atoms with Crippen LogP contribution in [0, 0.1) is 0 Å². The van der Waals surface area contributed by atoms with Crippen LogP contribution in [0.3, 0.4) is 0 Å². The number of halogens is 5. The average Bonchev–Trinajstić information content (AvgIpc) is 3.02. The molecule has 0 saturated carbocycles. The van der Waals surface area contributed by atoms with Gasteiger partial charge in [0.1, 0.15) is 0 Å². The Balaban J connectivity index is 0.00000169. The van der Waals surface area contributed by atoms with Crippen LogP contribution in [-0.4, -0.2) is 41.2 Å². The zero-order valence-electron chi connectivity index (χ0n) is 13.8. The maximum atomic E-state index is 12.8. The van der Waals surface area contributed by atoms with E-state index in [1.807, 2.05) is 4.90 Å². The van der Waals surface area contributed by atoms with Crippen molar-refractivity contribution in [3.8, 4) is 0 Å². The van der Waals surface area contributed by atoms with Gasteiger partial charge in [0.25, 0.3) is 0 Å². The molecule has 1 aromatic heterocycles. The summed E-state index contributed by atoms with van der Waals surface area (Å²) in [6.45, 7) is 3.45. The highest BCUT2D eigenvalue weighted by Gasteiger charge is 2.31. The molecule has 0 atom stereocenters. The second-order valence-corrected chi connectivity index (χ2v) is 5.62. The predicted molar refractivity (Wildman–Crippen MR) is 95.6 cm³/mol. The number of nitrogens with two attached hydrogens (primary N) is 1. The van der Waals surface area contributed by atoms with Gasteiger partial charge in [0.15, 0.2) is 5.82 Å². The van der Waals surface area contributed by atoms with Gasteiger partial charge in [0.05, 0.1) is 18.7 Å². The van der Waals surface area contributed by atoms with Crippen molar-refractivity contribution in [2.45, 2.75) is 19.3 Å². The van der Waals surface area contributed by atoms with Crippen LogP contribution in [0.1, 0.15) is 17.3 Å². The van der Waals surface area contributed by atoms with Gasteiger partial charge in [0.2, 0.25) is 5.89 Å². The van der Waals surface area contributed by atoms with E-state index in [0.29, 0.717) is 50.1 Å². The third-order valence-electron chi connectivity index (χ3n) is 3.96. The number of benzene rings is 1. The fourth-order valence-corrected chi connectivity index (χ4v) is 2.68. The summed E-state index contributed by atoms with van der Waals surface area (Å²) in [6.07, 6.45) is -4.32. The molecule has 1 aliphatic heterocycles. The number of aromatic nitrogens is 2. The van der Waals surface area contributed by atoms with E-state index in [-0.39, 0.29) is 31.4 Å². The Morgan fingerprint density at radius 3 is 2.38 bits per heavy atom. The standard InChI is InChI=1S/C15H18F3N5O.2ClH/c16-15(17,18)11-2-1-3-12(8-11)23-6-4-22(5-7-23)10-13-20-14(9-19)24-21-13;;/h1-3,8H,4-7,9-10,19H2;2*1H. The quantitative estimate of drug-likeness (QED) is 0.830. The van der Waals surface area contributed by atoms with E-state index in [0.717, 1.165) is 6.07 Å². The molecule has 0 amide bonds. The van der Waals surface area contributed by atoms with Gasteiger partial charge >= 0.3 is 6.18 Å². The van der Waals surface area contributed by atoms with E-state index in [4.69, 9.17) is 10.3 Å². The summed E-state index contributed by atoms with van der Waals surface area (Å²) >= 11 is 0. The average molecular weight is 414 g/mol. The lowest BCUT2D eigenvalue weighted by Crippen LogP contribution is -2.46. The van der Waals surface area contributed by atoms with E-state index in [1.54, 1.807) is 6.07 Å². The molecule has 0 radical (unpaired) electrons. The molecule has 3 rings (SSSR count). The van der Waals surface area contributed by atoms with Crippen molar-refractivity contribution in [2.75, 3.05) is 31.1 Å². The molecule has 1 fully saturated rings. The van der Waals surface area contributed by atoms with Crippen LogP contribution < -0.4 is 10.6 Å². The van der Waals surface area contributed by atoms with Gasteiger partial charge in [-0.2, -0.15) is 18.2 Å². The molecule has 2 aromatic rings. The summed E-state index contributed by atoms with van der Waals surface area (Å²) in [5.41, 5.74) is 5.40. The zero-order chi connectivity index (χ0) is 17.2. The first-order valence-electron chi connectivity index (χ1n) is 7.62. The van der Waals surface area contributed by atoms with E-state index < -0.39 is 11.7 Å². The van der Waals surface area contributed by atoms with Crippen molar-refractivity contribution in [3.05, 3.63) is 41.5 Å². The Labute approximate surface area is 161 Å². The molecule has 1 aliphatic rings. The summed E-state index contributed by atoms with van der Waals surface area (Å²) in [5, 5.41) is 3.85. The predicted octanol–water partition coefficient (Wildman–Crippen LogP) is 2.71. The van der Waals surface area contributed by atoms with E-state index in [1.165, 1.54) is 12.1 Å². The van der Waals surface area contributed by atoms with E-state index in [2.05, 4.69) is 15.0 Å². The SMILES string of the molecule is Cl.Cl.NCc1nc(CN2CCN(c3cccc(C(F)(F)F)c3)CC2)no1. The van der Waals surface area contributed by atoms with Crippen LogP contribution in [-0.2, 0) is 19.3 Å². The van der Waals surface area contributed by atoms with Gasteiger partial charge in [0, 0.05) is 31.9 Å². The fourth-order valence-electron chi connectivity index (χ4n) is 2.68. The Bertz CT molecular complexity index is 690. The second-order valence-electron chi connectivity index (χ2n) is 5.62. The van der Waals surface area contributed by atoms with Crippen LogP contribution in [0.2, 0.25) is 0 Å². The highest BCUT2D eigenvalue weighted by Crippen LogP contribution is 2.31. The van der Waals surface area contributed by atoms with Gasteiger partial charge in [-0.25, -0.2) is 0 Å². The van der Waals surface area contributed by atoms with Crippen LogP contribution >= 0.6 is 24.8 Å². The molecule has 26 heavy (non-hydrogen) atoms. The molecule has 0 bridgehead atoms. The molecular formula is C15H20Cl2F3N5O. The highest BCUT2D eigenvalue weighted by atomic mass is 35.5. The number of rotatable bonds is 4. The number of alkyl halides is 3. The van der Waals surface area contributed by atoms with Crippen molar-refractivity contribution >= 4 is 30.5 Å². The summed E-state index contributed by atoms with van der Waals surface area (Å²) < 4.78 is 43.4. The molecule has 2 N–H and O–H groups in total. The third kappa shape index (κ3) is 5.47. The maximum absolute atomic E-state index is 12.8. The topological polar surface area (TPSA) is 71.4 Å². The zero-order valence-corrected chi connectivity index (χ0v) is 15.4. The number of piperazine rings is 1. The van der Waals surface area contributed by atoms with E-state index >= 15 is 0 Å². The van der Waals surface area contributed by atoms with Crippen LogP contribution in [0.15, 0.2) is 28.8 Å². The normalized spacial score (nSPS) is 15.3. The van der Waals surface area contributed by atoms with Gasteiger partial charge in [-0.15, -0.1) is 24.8 Å². The van der Waals surface area contributed by atoms with Gasteiger partial charge in [-0.1, -0.05) is 11.2 Å². The summed E-state index contributed by atoms with van der Waals surface area (Å²) in [4.78, 5) is 8.24. The largest absolute Gasteiger partial charge is 0.416 e. The minimum atomic E-state index is -4.32. The number of anilines is 1. The van der Waals surface area contributed by atoms with Gasteiger partial charge < -0.3 is 15.2 Å². The summed E-state index contributed by atoms with van der Waals surface area (Å²) in [7, 11) is 0. The maximum Gasteiger partial charge on any atom is 0.416 e. The van der Waals surface area contributed by atoms with Crippen LogP contribution in [0.4, 0.5) is 18.9 Å². The Kier molecular flexibility index (Phi) is 8.14. The molecular weight excluding hydrogens is 394 g/mol. The highest BCUT2D eigenvalue weighted by molar-refractivity contribution is 5.85. The van der Waals surface area contributed by atoms with Crippen LogP contribution in [0.5, 0.6) is 0 Å². The molecule has 0 spiro atoms. The van der Waals surface area contributed by atoms with E-state index in [9.17, 15) is 13.2 Å². The first-order valence-corrected chi connectivity index (χ1v) is 7.62. The van der Waals surface area contributed by atoms with Crippen molar-refractivity contribution in [1.82, 2.24) is 15.0 Å². The Hall–Kier alpha value is -1.55. The molecule has 1 aromatic carbocycles. The van der Waals surface area contributed by atoms with Gasteiger partial charge in [-0.05, 0) is 18.2 Å². The van der Waals surface area contributed by atoms with Crippen molar-refractivity contribution in [1.29, 1.82) is 0 Å². The minimum absolute atomic E-state index is 0. The smallest absolute Gasteiger partial charge is 0.369 e.